The fourth-order valence-corrected chi connectivity index (χ4v) is 3.39. The van der Waals surface area contributed by atoms with Gasteiger partial charge in [0.1, 0.15) is 11.5 Å². The maximum Gasteiger partial charge on any atom is 0.293 e. The van der Waals surface area contributed by atoms with Crippen molar-refractivity contribution in [3.05, 3.63) is 52.6 Å². The Morgan fingerprint density at radius 3 is 2.64 bits per heavy atom. The molecule has 2 heterocycles. The summed E-state index contributed by atoms with van der Waals surface area (Å²) in [6.07, 6.45) is 1.64. The lowest BCUT2D eigenvalue weighted by molar-refractivity contribution is -0.122. The molecule has 1 saturated heterocycles. The van der Waals surface area contributed by atoms with Gasteiger partial charge in [-0.1, -0.05) is 24.3 Å². The van der Waals surface area contributed by atoms with Gasteiger partial charge in [0.25, 0.3) is 11.1 Å². The maximum atomic E-state index is 12.4. The number of rotatable bonds is 5. The number of furan rings is 1. The Morgan fingerprint density at radius 1 is 1.16 bits per heavy atom. The van der Waals surface area contributed by atoms with Crippen molar-refractivity contribution in [1.82, 2.24) is 9.80 Å². The summed E-state index contributed by atoms with van der Waals surface area (Å²) in [6, 6.07) is 11.6. The molecule has 0 bridgehead atoms. The van der Waals surface area contributed by atoms with Crippen LogP contribution in [0, 0.1) is 6.92 Å². The molecule has 2 amide bonds. The molecule has 0 unspecified atom stereocenters. The third-order valence-electron chi connectivity index (χ3n) is 3.96. The number of aryl methyl sites for hydroxylation is 1. The molecular formula is C19H20N2O3S. The molecule has 0 aliphatic carbocycles. The van der Waals surface area contributed by atoms with Crippen molar-refractivity contribution in [2.75, 3.05) is 27.2 Å². The minimum absolute atomic E-state index is 0.233. The SMILES string of the molecule is Cc1ccccc1-c1ccc(/C=C2\SC(=O)N(CCN(C)C)C2=O)o1. The first-order valence-corrected chi connectivity index (χ1v) is 8.83. The van der Waals surface area contributed by atoms with Gasteiger partial charge >= 0.3 is 0 Å². The Hall–Kier alpha value is -2.31. The van der Waals surface area contributed by atoms with Crippen LogP contribution in [0.3, 0.4) is 0 Å². The van der Waals surface area contributed by atoms with Gasteiger partial charge in [-0.2, -0.15) is 0 Å². The number of benzene rings is 1. The molecule has 1 aromatic heterocycles. The lowest BCUT2D eigenvalue weighted by Gasteiger charge is -2.15. The quantitative estimate of drug-likeness (QED) is 0.762. The van der Waals surface area contributed by atoms with Crippen LogP contribution >= 0.6 is 11.8 Å². The van der Waals surface area contributed by atoms with E-state index in [1.54, 1.807) is 6.08 Å². The number of imide groups is 1. The second-order valence-electron chi connectivity index (χ2n) is 6.15. The van der Waals surface area contributed by atoms with E-state index < -0.39 is 0 Å². The molecule has 1 aliphatic heterocycles. The van der Waals surface area contributed by atoms with Gasteiger partial charge in [0.15, 0.2) is 0 Å². The summed E-state index contributed by atoms with van der Waals surface area (Å²) in [7, 11) is 3.82. The number of carbonyl (C=O) groups is 2. The van der Waals surface area contributed by atoms with Crippen molar-refractivity contribution in [1.29, 1.82) is 0 Å². The monoisotopic (exact) mass is 356 g/mol. The maximum absolute atomic E-state index is 12.4. The van der Waals surface area contributed by atoms with Gasteiger partial charge in [-0.3, -0.25) is 14.5 Å². The van der Waals surface area contributed by atoms with Gasteiger partial charge < -0.3 is 9.32 Å². The zero-order valence-corrected chi connectivity index (χ0v) is 15.3. The molecule has 130 valence electrons. The third kappa shape index (κ3) is 3.86. The van der Waals surface area contributed by atoms with E-state index in [-0.39, 0.29) is 11.1 Å². The fraction of sp³-hybridized carbons (Fsp3) is 0.263. The van der Waals surface area contributed by atoms with Crippen LogP contribution in [0.15, 0.2) is 45.7 Å². The normalized spacial score (nSPS) is 16.5. The third-order valence-corrected chi connectivity index (χ3v) is 4.86. The van der Waals surface area contributed by atoms with Crippen molar-refractivity contribution >= 4 is 29.0 Å². The van der Waals surface area contributed by atoms with Crippen LogP contribution in [0.1, 0.15) is 11.3 Å². The second kappa shape index (κ2) is 7.29. The Bertz CT molecular complexity index is 839. The molecule has 1 aliphatic rings. The van der Waals surface area contributed by atoms with E-state index in [9.17, 15) is 9.59 Å². The van der Waals surface area contributed by atoms with Gasteiger partial charge in [-0.25, -0.2) is 0 Å². The minimum Gasteiger partial charge on any atom is -0.457 e. The molecule has 25 heavy (non-hydrogen) atoms. The largest absolute Gasteiger partial charge is 0.457 e. The first kappa shape index (κ1) is 17.5. The van der Waals surface area contributed by atoms with Crippen molar-refractivity contribution in [2.45, 2.75) is 6.92 Å². The van der Waals surface area contributed by atoms with Gasteiger partial charge in [-0.15, -0.1) is 0 Å². The highest BCUT2D eigenvalue weighted by molar-refractivity contribution is 8.18. The van der Waals surface area contributed by atoms with Crippen molar-refractivity contribution in [3.8, 4) is 11.3 Å². The van der Waals surface area contributed by atoms with Gasteiger partial charge in [-0.05, 0) is 50.5 Å². The number of thioether (sulfide) groups is 1. The summed E-state index contributed by atoms with van der Waals surface area (Å²) < 4.78 is 5.85. The van der Waals surface area contributed by atoms with Crippen LogP contribution in [0.4, 0.5) is 4.79 Å². The summed E-state index contributed by atoms with van der Waals surface area (Å²) in [5.74, 6) is 1.05. The molecular weight excluding hydrogens is 336 g/mol. The summed E-state index contributed by atoms with van der Waals surface area (Å²) in [5.41, 5.74) is 2.13. The Balaban J connectivity index is 1.79. The van der Waals surface area contributed by atoms with E-state index in [4.69, 9.17) is 4.42 Å². The summed E-state index contributed by atoms with van der Waals surface area (Å²) in [4.78, 5) is 28.1. The van der Waals surface area contributed by atoms with Crippen LogP contribution in [-0.2, 0) is 4.79 Å². The average molecular weight is 356 g/mol. The fourth-order valence-electron chi connectivity index (χ4n) is 2.55. The lowest BCUT2D eigenvalue weighted by atomic mass is 10.1. The standard InChI is InChI=1S/C19H20N2O3S/c1-13-6-4-5-7-15(13)16-9-8-14(24-16)12-17-18(22)21(19(23)25-17)11-10-20(2)3/h4-9,12H,10-11H2,1-3H3/b17-12-. The molecule has 3 rings (SSSR count). The molecule has 0 saturated carbocycles. The number of amides is 2. The highest BCUT2D eigenvalue weighted by Gasteiger charge is 2.34. The number of hydrogen-bond acceptors (Lipinski definition) is 5. The Morgan fingerprint density at radius 2 is 1.92 bits per heavy atom. The number of carbonyl (C=O) groups excluding carboxylic acids is 2. The number of likely N-dealkylation sites (N-methyl/N-ethyl adjacent to an activating group) is 1. The number of hydrogen-bond donors (Lipinski definition) is 0. The molecule has 0 radical (unpaired) electrons. The average Bonchev–Trinajstić information content (AvgIpc) is 3.12. The molecule has 2 aromatic rings. The minimum atomic E-state index is -0.259. The van der Waals surface area contributed by atoms with Crippen molar-refractivity contribution in [2.24, 2.45) is 0 Å². The van der Waals surface area contributed by atoms with Crippen LogP contribution in [0.2, 0.25) is 0 Å². The Labute approximate surface area is 151 Å². The molecule has 0 atom stereocenters. The molecule has 1 fully saturated rings. The number of nitrogens with zero attached hydrogens (tertiary/aromatic N) is 2. The van der Waals surface area contributed by atoms with Gasteiger partial charge in [0, 0.05) is 24.7 Å². The van der Waals surface area contributed by atoms with Gasteiger partial charge in [0.2, 0.25) is 0 Å². The predicted molar refractivity (Wildman–Crippen MR) is 100 cm³/mol. The Kier molecular flexibility index (Phi) is 5.11. The molecule has 0 spiro atoms. The topological polar surface area (TPSA) is 53.8 Å². The van der Waals surface area contributed by atoms with Crippen LogP contribution < -0.4 is 0 Å². The zero-order chi connectivity index (χ0) is 18.0. The molecule has 5 nitrogen and oxygen atoms in total. The van der Waals surface area contributed by atoms with Crippen LogP contribution in [-0.4, -0.2) is 48.1 Å². The highest BCUT2D eigenvalue weighted by atomic mass is 32.2. The molecule has 6 heteroatoms. The van der Waals surface area contributed by atoms with E-state index in [1.807, 2.05) is 62.3 Å². The lowest BCUT2D eigenvalue weighted by Crippen LogP contribution is -2.34. The summed E-state index contributed by atoms with van der Waals surface area (Å²) >= 11 is 0.957. The second-order valence-corrected chi connectivity index (χ2v) is 7.15. The predicted octanol–water partition coefficient (Wildman–Crippen LogP) is 3.85. The molecule has 0 N–H and O–H groups in total. The van der Waals surface area contributed by atoms with E-state index in [2.05, 4.69) is 0 Å². The van der Waals surface area contributed by atoms with E-state index >= 15 is 0 Å². The smallest absolute Gasteiger partial charge is 0.293 e. The van der Waals surface area contributed by atoms with Crippen LogP contribution in [0.5, 0.6) is 0 Å². The molecule has 1 aromatic carbocycles. The zero-order valence-electron chi connectivity index (χ0n) is 14.5. The van der Waals surface area contributed by atoms with Crippen molar-refractivity contribution < 1.29 is 14.0 Å². The summed E-state index contributed by atoms with van der Waals surface area (Å²) in [6.45, 7) is 3.05. The van der Waals surface area contributed by atoms with Crippen molar-refractivity contribution in [3.63, 3.8) is 0 Å². The van der Waals surface area contributed by atoms with E-state index in [0.717, 1.165) is 28.6 Å². The van der Waals surface area contributed by atoms with Gasteiger partial charge in [0.05, 0.1) is 4.91 Å². The highest BCUT2D eigenvalue weighted by Crippen LogP contribution is 2.33. The first-order valence-electron chi connectivity index (χ1n) is 8.01. The first-order chi connectivity index (χ1) is 12.0. The summed E-state index contributed by atoms with van der Waals surface area (Å²) in [5, 5.41) is -0.233. The van der Waals surface area contributed by atoms with Crippen LogP contribution in [0.25, 0.3) is 17.4 Å². The van der Waals surface area contributed by atoms with E-state index in [0.29, 0.717) is 23.8 Å². The van der Waals surface area contributed by atoms with E-state index in [1.165, 1.54) is 4.90 Å².